The third kappa shape index (κ3) is 2.79. The highest BCUT2D eigenvalue weighted by Gasteiger charge is 2.52. The molecule has 2 heterocycles. The number of rotatable bonds is 3. The standard InChI is InChI=1S/C21H26N2O2S/c1-15(2)21-22-13-12-17-6-4-5-7-19(17)20(22)14-23(21)26(24,25)18-10-8-16(3)9-11-18/h4-11,15,20-21H,12-14H2,1-3H3/p+1/t20-,21-/m0/s1. The molecule has 0 spiro atoms. The first-order valence-corrected chi connectivity index (χ1v) is 10.9. The van der Waals surface area contributed by atoms with Crippen molar-refractivity contribution in [3.63, 3.8) is 0 Å². The lowest BCUT2D eigenvalue weighted by Crippen LogP contribution is -3.16. The molecule has 138 valence electrons. The number of hydrogen-bond acceptors (Lipinski definition) is 2. The Labute approximate surface area is 156 Å². The molecule has 0 saturated carbocycles. The highest BCUT2D eigenvalue weighted by atomic mass is 32.2. The van der Waals surface area contributed by atoms with E-state index in [4.69, 9.17) is 0 Å². The van der Waals surface area contributed by atoms with Crippen molar-refractivity contribution in [2.45, 2.75) is 44.3 Å². The van der Waals surface area contributed by atoms with Crippen LogP contribution in [0.5, 0.6) is 0 Å². The summed E-state index contributed by atoms with van der Waals surface area (Å²) in [6.45, 7) is 7.80. The topological polar surface area (TPSA) is 41.8 Å². The zero-order valence-electron chi connectivity index (χ0n) is 15.6. The third-order valence-corrected chi connectivity index (χ3v) is 7.73. The van der Waals surface area contributed by atoms with Crippen LogP contribution in [0, 0.1) is 12.8 Å². The SMILES string of the molecule is Cc1ccc(S(=O)(=O)N2C[C@H]3c4ccccc4CC[NH+]3[C@@H]2C(C)C)cc1. The van der Waals surface area contributed by atoms with Crippen LogP contribution in [0.2, 0.25) is 0 Å². The van der Waals surface area contributed by atoms with Crippen LogP contribution in [0.1, 0.15) is 36.6 Å². The Kier molecular flexibility index (Phi) is 4.41. The summed E-state index contributed by atoms with van der Waals surface area (Å²) in [4.78, 5) is 1.80. The first-order chi connectivity index (χ1) is 12.4. The van der Waals surface area contributed by atoms with Crippen LogP contribution in [0.25, 0.3) is 0 Å². The maximum absolute atomic E-state index is 13.4. The van der Waals surface area contributed by atoms with Gasteiger partial charge < -0.3 is 4.90 Å². The van der Waals surface area contributed by atoms with E-state index in [0.717, 1.165) is 18.5 Å². The van der Waals surface area contributed by atoms with E-state index in [1.165, 1.54) is 16.0 Å². The summed E-state index contributed by atoms with van der Waals surface area (Å²) < 4.78 is 28.6. The van der Waals surface area contributed by atoms with E-state index in [2.05, 4.69) is 38.1 Å². The van der Waals surface area contributed by atoms with Gasteiger partial charge in [-0.15, -0.1) is 4.31 Å². The fourth-order valence-electron chi connectivity index (χ4n) is 4.66. The monoisotopic (exact) mass is 371 g/mol. The van der Waals surface area contributed by atoms with Gasteiger partial charge in [0, 0.05) is 17.9 Å². The smallest absolute Gasteiger partial charge is 0.248 e. The van der Waals surface area contributed by atoms with Gasteiger partial charge in [-0.05, 0) is 24.6 Å². The molecule has 26 heavy (non-hydrogen) atoms. The molecule has 5 heteroatoms. The average Bonchev–Trinajstić information content (AvgIpc) is 3.03. The number of benzene rings is 2. The molecule has 2 aliphatic rings. The van der Waals surface area contributed by atoms with Crippen molar-refractivity contribution in [2.24, 2.45) is 5.92 Å². The molecule has 0 bridgehead atoms. The largest absolute Gasteiger partial charge is 0.311 e. The predicted octanol–water partition coefficient (Wildman–Crippen LogP) is 2.16. The number of hydrogen-bond donors (Lipinski definition) is 1. The summed E-state index contributed by atoms with van der Waals surface area (Å²) in [6, 6.07) is 16.0. The minimum Gasteiger partial charge on any atom is -0.311 e. The van der Waals surface area contributed by atoms with Crippen molar-refractivity contribution < 1.29 is 13.3 Å². The van der Waals surface area contributed by atoms with Gasteiger partial charge >= 0.3 is 0 Å². The Hall–Kier alpha value is -1.69. The van der Waals surface area contributed by atoms with Gasteiger partial charge in [0.1, 0.15) is 6.04 Å². The van der Waals surface area contributed by atoms with E-state index in [1.54, 1.807) is 16.4 Å². The summed E-state index contributed by atoms with van der Waals surface area (Å²) in [5.74, 6) is 0.264. The lowest BCUT2D eigenvalue weighted by atomic mass is 9.93. The Morgan fingerprint density at radius 1 is 1.08 bits per heavy atom. The minimum absolute atomic E-state index is 0.0142. The van der Waals surface area contributed by atoms with Gasteiger partial charge in [0.05, 0.1) is 18.0 Å². The second-order valence-electron chi connectivity index (χ2n) is 7.90. The Morgan fingerprint density at radius 3 is 2.46 bits per heavy atom. The number of nitrogens with zero attached hydrogens (tertiary/aromatic N) is 1. The Balaban J connectivity index is 1.76. The summed E-state index contributed by atoms with van der Waals surface area (Å²) >= 11 is 0. The van der Waals surface area contributed by atoms with Crippen molar-refractivity contribution in [2.75, 3.05) is 13.1 Å². The highest BCUT2D eigenvalue weighted by Crippen LogP contribution is 2.31. The molecule has 2 aliphatic heterocycles. The van der Waals surface area contributed by atoms with Crippen LogP contribution in [0.4, 0.5) is 0 Å². The van der Waals surface area contributed by atoms with Crippen molar-refractivity contribution in [1.82, 2.24) is 4.31 Å². The zero-order valence-corrected chi connectivity index (χ0v) is 16.5. The molecule has 3 atom stereocenters. The molecule has 1 saturated heterocycles. The van der Waals surface area contributed by atoms with Gasteiger partial charge in [-0.25, -0.2) is 8.42 Å². The Bertz CT molecular complexity index is 906. The van der Waals surface area contributed by atoms with Crippen molar-refractivity contribution in [3.05, 3.63) is 65.2 Å². The van der Waals surface area contributed by atoms with Crippen LogP contribution in [-0.4, -0.2) is 32.0 Å². The molecule has 0 aromatic heterocycles. The van der Waals surface area contributed by atoms with Crippen LogP contribution in [0.3, 0.4) is 0 Å². The minimum atomic E-state index is -3.50. The number of sulfonamides is 1. The molecule has 2 aromatic carbocycles. The summed E-state index contributed by atoms with van der Waals surface area (Å²) in [6.07, 6.45) is 1.00. The molecular weight excluding hydrogens is 344 g/mol. The van der Waals surface area contributed by atoms with Crippen LogP contribution in [-0.2, 0) is 16.4 Å². The second-order valence-corrected chi connectivity index (χ2v) is 9.79. The van der Waals surface area contributed by atoms with Crippen molar-refractivity contribution in [3.8, 4) is 0 Å². The van der Waals surface area contributed by atoms with Gasteiger partial charge in [0.25, 0.3) is 0 Å². The second kappa shape index (κ2) is 6.48. The molecule has 0 aliphatic carbocycles. The fraction of sp³-hybridized carbons (Fsp3) is 0.429. The van der Waals surface area contributed by atoms with E-state index in [1.807, 2.05) is 19.1 Å². The van der Waals surface area contributed by atoms with Crippen LogP contribution >= 0.6 is 0 Å². The van der Waals surface area contributed by atoms with E-state index >= 15 is 0 Å². The number of nitrogens with one attached hydrogen (secondary N) is 1. The molecule has 4 nitrogen and oxygen atoms in total. The molecule has 1 N–H and O–H groups in total. The molecule has 0 radical (unpaired) electrons. The normalized spacial score (nSPS) is 25.9. The number of quaternary nitrogens is 1. The maximum Gasteiger partial charge on any atom is 0.248 e. The molecule has 1 unspecified atom stereocenters. The van der Waals surface area contributed by atoms with Gasteiger partial charge in [-0.1, -0.05) is 55.8 Å². The molecule has 0 amide bonds. The number of aryl methyl sites for hydroxylation is 1. The summed E-state index contributed by atoms with van der Waals surface area (Å²) in [7, 11) is -3.50. The predicted molar refractivity (Wildman–Crippen MR) is 102 cm³/mol. The Morgan fingerprint density at radius 2 is 1.77 bits per heavy atom. The first-order valence-electron chi connectivity index (χ1n) is 9.41. The molecular formula is C21H27N2O2S+. The van der Waals surface area contributed by atoms with E-state index in [-0.39, 0.29) is 18.1 Å². The molecule has 1 fully saturated rings. The summed E-state index contributed by atoms with van der Waals surface area (Å²) in [5.41, 5.74) is 3.77. The molecule has 4 rings (SSSR count). The van der Waals surface area contributed by atoms with E-state index in [0.29, 0.717) is 11.4 Å². The average molecular weight is 372 g/mol. The van der Waals surface area contributed by atoms with E-state index < -0.39 is 10.0 Å². The third-order valence-electron chi connectivity index (χ3n) is 5.87. The van der Waals surface area contributed by atoms with Crippen LogP contribution < -0.4 is 4.90 Å². The molecule has 2 aromatic rings. The maximum atomic E-state index is 13.4. The van der Waals surface area contributed by atoms with E-state index in [9.17, 15) is 8.42 Å². The van der Waals surface area contributed by atoms with Gasteiger partial charge in [-0.2, -0.15) is 0 Å². The van der Waals surface area contributed by atoms with Crippen molar-refractivity contribution >= 4 is 10.0 Å². The van der Waals surface area contributed by atoms with Crippen LogP contribution in [0.15, 0.2) is 53.4 Å². The number of fused-ring (bicyclic) bond motifs is 3. The highest BCUT2D eigenvalue weighted by molar-refractivity contribution is 7.89. The van der Waals surface area contributed by atoms with Gasteiger partial charge in [0.15, 0.2) is 6.17 Å². The van der Waals surface area contributed by atoms with Gasteiger partial charge in [0.2, 0.25) is 10.0 Å². The quantitative estimate of drug-likeness (QED) is 0.898. The van der Waals surface area contributed by atoms with Gasteiger partial charge in [-0.3, -0.25) is 0 Å². The lowest BCUT2D eigenvalue weighted by Gasteiger charge is -2.34. The van der Waals surface area contributed by atoms with Crippen molar-refractivity contribution in [1.29, 1.82) is 0 Å². The summed E-state index contributed by atoms with van der Waals surface area (Å²) in [5, 5.41) is 0. The fourth-order valence-corrected chi connectivity index (χ4v) is 6.43. The first kappa shape index (κ1) is 17.7. The zero-order chi connectivity index (χ0) is 18.5. The lowest BCUT2D eigenvalue weighted by molar-refractivity contribution is -0.950.